The smallest absolute Gasteiger partial charge is 0.207 e. The Bertz CT molecular complexity index is 772. The van der Waals surface area contributed by atoms with Crippen LogP contribution in [0.4, 0.5) is 0 Å². The third kappa shape index (κ3) is 1.57. The molecule has 0 fully saturated rings. The zero-order valence-corrected chi connectivity index (χ0v) is 9.51. The molecule has 3 aromatic rings. The van der Waals surface area contributed by atoms with Crippen molar-refractivity contribution in [1.29, 1.82) is 0 Å². The van der Waals surface area contributed by atoms with Gasteiger partial charge in [0.25, 0.3) is 0 Å². The van der Waals surface area contributed by atoms with Gasteiger partial charge >= 0.3 is 0 Å². The van der Waals surface area contributed by atoms with Crippen LogP contribution >= 0.6 is 0 Å². The number of H-pyrrole nitrogens is 1. The van der Waals surface area contributed by atoms with Gasteiger partial charge in [0.05, 0.1) is 12.1 Å². The molecule has 4 heterocycles. The summed E-state index contributed by atoms with van der Waals surface area (Å²) in [5.74, 6) is 0. The molecule has 1 N–H and O–H groups in total. The minimum absolute atomic E-state index is 0.787. The summed E-state index contributed by atoms with van der Waals surface area (Å²) in [5, 5.41) is 0. The van der Waals surface area contributed by atoms with Crippen LogP contribution in [0.1, 0.15) is 11.4 Å². The van der Waals surface area contributed by atoms with Crippen molar-refractivity contribution in [3.63, 3.8) is 0 Å². The maximum atomic E-state index is 5.69. The lowest BCUT2D eigenvalue weighted by Crippen LogP contribution is -2.03. The molecule has 0 saturated heterocycles. The molecule has 0 amide bonds. The summed E-state index contributed by atoms with van der Waals surface area (Å²) >= 11 is 0. The summed E-state index contributed by atoms with van der Waals surface area (Å²) in [7, 11) is 0. The molecule has 0 unspecified atom stereocenters. The Morgan fingerprint density at radius 1 is 0.611 bits per heavy atom. The van der Waals surface area contributed by atoms with E-state index in [1.165, 1.54) is 0 Å². The van der Waals surface area contributed by atoms with Crippen LogP contribution in [0, 0.1) is 0 Å². The first-order valence-electron chi connectivity index (χ1n) is 5.78. The summed E-state index contributed by atoms with van der Waals surface area (Å²) < 4.78 is 11.4. The van der Waals surface area contributed by atoms with Crippen molar-refractivity contribution >= 4 is 34.5 Å². The number of aromatic amines is 1. The molecule has 18 heavy (non-hydrogen) atoms. The summed E-state index contributed by atoms with van der Waals surface area (Å²) in [5.41, 5.74) is 5.23. The molecule has 1 aliphatic heterocycles. The molecule has 0 saturated carbocycles. The lowest BCUT2D eigenvalue weighted by atomic mass is 10.3. The second-order valence-corrected chi connectivity index (χ2v) is 4.28. The number of fused-ring (bicyclic) bond motifs is 6. The average molecular weight is 236 g/mol. The molecule has 1 aliphatic rings. The Hall–Kier alpha value is -2.55. The van der Waals surface area contributed by atoms with E-state index in [2.05, 4.69) is 4.98 Å². The molecular formula is C15H10NO2+. The van der Waals surface area contributed by atoms with Crippen LogP contribution in [0.15, 0.2) is 51.3 Å². The Balaban J connectivity index is 2.19. The predicted octanol–water partition coefficient (Wildman–Crippen LogP) is 3.60. The Kier molecular flexibility index (Phi) is 1.83. The second-order valence-electron chi connectivity index (χ2n) is 4.28. The highest BCUT2D eigenvalue weighted by Crippen LogP contribution is 2.17. The fourth-order valence-electron chi connectivity index (χ4n) is 2.09. The number of aromatic nitrogens is 1. The van der Waals surface area contributed by atoms with Crippen LogP contribution in [0.2, 0.25) is 0 Å². The Morgan fingerprint density at radius 2 is 1.06 bits per heavy atom. The quantitative estimate of drug-likeness (QED) is 0.468. The number of rotatable bonds is 0. The van der Waals surface area contributed by atoms with Gasteiger partial charge in [-0.05, 0) is 24.3 Å². The van der Waals surface area contributed by atoms with Crippen LogP contribution in [0.5, 0.6) is 0 Å². The minimum atomic E-state index is 0.787. The lowest BCUT2D eigenvalue weighted by Gasteiger charge is -1.81. The molecule has 0 aliphatic carbocycles. The van der Waals surface area contributed by atoms with Crippen molar-refractivity contribution in [2.75, 3.05) is 0 Å². The van der Waals surface area contributed by atoms with E-state index < -0.39 is 0 Å². The lowest BCUT2D eigenvalue weighted by molar-refractivity contribution is -0.379. The first-order chi connectivity index (χ1) is 8.85. The van der Waals surface area contributed by atoms with E-state index >= 15 is 0 Å². The third-order valence-corrected chi connectivity index (χ3v) is 2.91. The molecule has 3 nitrogen and oxygen atoms in total. The van der Waals surface area contributed by atoms with Gasteiger partial charge in [0, 0.05) is 18.2 Å². The van der Waals surface area contributed by atoms with Crippen molar-refractivity contribution in [2.45, 2.75) is 0 Å². The normalized spacial score (nSPS) is 12.2. The zero-order valence-electron chi connectivity index (χ0n) is 9.51. The third-order valence-electron chi connectivity index (χ3n) is 2.91. The molecule has 3 aromatic heterocycles. The molecular weight excluding hydrogens is 226 g/mol. The second kappa shape index (κ2) is 3.47. The van der Waals surface area contributed by atoms with Gasteiger partial charge in [-0.15, -0.1) is 0 Å². The fraction of sp³-hybridized carbons (Fsp3) is 0. The molecule has 4 rings (SSSR count). The number of hydrogen-bond donors (Lipinski definition) is 0. The van der Waals surface area contributed by atoms with E-state index in [4.69, 9.17) is 8.83 Å². The van der Waals surface area contributed by atoms with Crippen molar-refractivity contribution in [1.82, 2.24) is 0 Å². The zero-order chi connectivity index (χ0) is 11.9. The summed E-state index contributed by atoms with van der Waals surface area (Å²) in [6.45, 7) is 0. The molecule has 0 atom stereocenters. The van der Waals surface area contributed by atoms with Gasteiger partial charge in [-0.1, -0.05) is 0 Å². The van der Waals surface area contributed by atoms with Gasteiger partial charge in [-0.25, -0.2) is 4.98 Å². The van der Waals surface area contributed by atoms with Crippen LogP contribution in [-0.2, 0) is 0 Å². The first kappa shape index (κ1) is 9.48. The highest BCUT2D eigenvalue weighted by molar-refractivity contribution is 5.71. The van der Waals surface area contributed by atoms with Crippen LogP contribution < -0.4 is 4.98 Å². The van der Waals surface area contributed by atoms with Crippen LogP contribution in [0.25, 0.3) is 34.5 Å². The van der Waals surface area contributed by atoms with E-state index in [-0.39, 0.29) is 0 Å². The standard InChI is InChI=1S/C15H9NO2/c1-2-11-8-13-4-6-15(18-13)9-14-5-3-12(17-14)7-10(1)16-11/h1-9H/p+1. The molecule has 0 radical (unpaired) electrons. The van der Waals surface area contributed by atoms with Gasteiger partial charge in [-0.3, -0.25) is 0 Å². The van der Waals surface area contributed by atoms with Crippen LogP contribution in [-0.4, -0.2) is 0 Å². The van der Waals surface area contributed by atoms with E-state index in [9.17, 15) is 0 Å². The van der Waals surface area contributed by atoms with E-state index in [0.29, 0.717) is 0 Å². The van der Waals surface area contributed by atoms with E-state index in [1.807, 2.05) is 54.6 Å². The van der Waals surface area contributed by atoms with Crippen molar-refractivity contribution < 1.29 is 13.8 Å². The fourth-order valence-corrected chi connectivity index (χ4v) is 2.09. The van der Waals surface area contributed by atoms with E-state index in [1.54, 1.807) is 0 Å². The molecule has 86 valence electrons. The maximum Gasteiger partial charge on any atom is 0.207 e. The maximum absolute atomic E-state index is 5.69. The van der Waals surface area contributed by atoms with Gasteiger partial charge < -0.3 is 8.83 Å². The first-order valence-corrected chi connectivity index (χ1v) is 5.78. The summed E-state index contributed by atoms with van der Waals surface area (Å²) in [4.78, 5) is 3.29. The predicted molar refractivity (Wildman–Crippen MR) is 69.1 cm³/mol. The summed E-state index contributed by atoms with van der Waals surface area (Å²) in [6, 6.07) is 13.6. The topological polar surface area (TPSA) is 40.4 Å². The number of hydrogen-bond acceptors (Lipinski definition) is 2. The number of furan rings is 2. The van der Waals surface area contributed by atoms with Crippen LogP contribution in [0.3, 0.4) is 0 Å². The minimum Gasteiger partial charge on any atom is -0.457 e. The highest BCUT2D eigenvalue weighted by Gasteiger charge is 2.06. The largest absolute Gasteiger partial charge is 0.457 e. The van der Waals surface area contributed by atoms with Gasteiger partial charge in [-0.2, -0.15) is 0 Å². The number of nitrogens with one attached hydrogen (secondary N) is 1. The van der Waals surface area contributed by atoms with Gasteiger partial charge in [0.1, 0.15) is 22.3 Å². The van der Waals surface area contributed by atoms with Gasteiger partial charge in [0.15, 0.2) is 0 Å². The molecule has 0 aromatic carbocycles. The molecule has 0 spiro atoms. The van der Waals surface area contributed by atoms with Crippen molar-refractivity contribution in [2.24, 2.45) is 0 Å². The monoisotopic (exact) mass is 236 g/mol. The summed E-state index contributed by atoms with van der Waals surface area (Å²) in [6.07, 6.45) is 4.03. The Labute approximate surface area is 103 Å². The SMILES string of the molecule is C1=Cc2cc3ccc(cc4ccc(cc1[nH+]2)o4)o3. The van der Waals surface area contributed by atoms with Crippen molar-refractivity contribution in [3.05, 3.63) is 53.9 Å². The molecule has 6 bridgehead atoms. The van der Waals surface area contributed by atoms with E-state index in [0.717, 1.165) is 33.7 Å². The van der Waals surface area contributed by atoms with Gasteiger partial charge in [0.2, 0.25) is 11.4 Å². The molecule has 3 heteroatoms. The Morgan fingerprint density at radius 3 is 1.56 bits per heavy atom. The highest BCUT2D eigenvalue weighted by atomic mass is 16.3. The average Bonchev–Trinajstić information content (AvgIpc) is 3.04. The van der Waals surface area contributed by atoms with Crippen molar-refractivity contribution in [3.8, 4) is 0 Å².